The lowest BCUT2D eigenvalue weighted by atomic mass is 9.96. The van der Waals surface area contributed by atoms with Crippen LogP contribution in [0.3, 0.4) is 0 Å². The minimum absolute atomic E-state index is 1.08. The third-order valence-corrected chi connectivity index (χ3v) is 2.17. The maximum Gasteiger partial charge on any atom is 0.470 e. The van der Waals surface area contributed by atoms with E-state index in [9.17, 15) is 17.7 Å². The lowest BCUT2D eigenvalue weighted by Crippen LogP contribution is -2.46. The number of halogens is 3. The van der Waals surface area contributed by atoms with E-state index in [4.69, 9.17) is 22.6 Å². The van der Waals surface area contributed by atoms with Gasteiger partial charge in [0.05, 0.1) is 0 Å². The van der Waals surface area contributed by atoms with E-state index in [1.54, 1.807) is 11.8 Å². The second kappa shape index (κ2) is 4.90. The van der Waals surface area contributed by atoms with Crippen molar-refractivity contribution in [3.63, 3.8) is 0 Å². The zero-order valence-electron chi connectivity index (χ0n) is 7.86. The van der Waals surface area contributed by atoms with Crippen molar-refractivity contribution in [2.24, 2.45) is 0 Å². The van der Waals surface area contributed by atoms with Crippen LogP contribution in [0, 0.1) is 24.7 Å². The largest absolute Gasteiger partial charge is 0.470 e. The van der Waals surface area contributed by atoms with Gasteiger partial charge in [-0.15, -0.1) is 24.7 Å². The topological polar surface area (TPSA) is 66.8 Å². The van der Waals surface area contributed by atoms with Crippen molar-refractivity contribution >= 4 is 7.82 Å². The molecule has 0 fully saturated rings. The highest BCUT2D eigenvalue weighted by Crippen LogP contribution is 2.50. The zero-order chi connectivity index (χ0) is 13.0. The molecule has 0 atom stereocenters. The standard InChI is InChI=1S/C8H8F3O4P/c1-3-5-7(6-4-2,8(9,10)11)15-16(12,13)14/h1-2H,5-6H2,(H2,12,13,14). The van der Waals surface area contributed by atoms with Gasteiger partial charge in [0, 0.05) is 12.8 Å². The molecule has 2 N–H and O–H groups in total. The summed E-state index contributed by atoms with van der Waals surface area (Å²) < 4.78 is 52.1. The van der Waals surface area contributed by atoms with Gasteiger partial charge in [-0.25, -0.2) is 4.57 Å². The fourth-order valence-electron chi connectivity index (χ4n) is 0.937. The van der Waals surface area contributed by atoms with Gasteiger partial charge in [-0.1, -0.05) is 0 Å². The Morgan fingerprint density at radius 1 is 1.19 bits per heavy atom. The second-order valence-electron chi connectivity index (χ2n) is 2.84. The first kappa shape index (κ1) is 15.0. The van der Waals surface area contributed by atoms with E-state index in [-0.39, 0.29) is 0 Å². The van der Waals surface area contributed by atoms with Crippen molar-refractivity contribution in [1.82, 2.24) is 0 Å². The molecule has 16 heavy (non-hydrogen) atoms. The zero-order valence-corrected chi connectivity index (χ0v) is 8.76. The molecule has 90 valence electrons. The van der Waals surface area contributed by atoms with Crippen LogP contribution in [0.1, 0.15) is 12.8 Å². The summed E-state index contributed by atoms with van der Waals surface area (Å²) in [5.41, 5.74) is -3.21. The minimum atomic E-state index is -5.35. The van der Waals surface area contributed by atoms with Crippen molar-refractivity contribution in [1.29, 1.82) is 0 Å². The van der Waals surface area contributed by atoms with Gasteiger partial charge in [0.2, 0.25) is 0 Å². The van der Waals surface area contributed by atoms with E-state index in [1.165, 1.54) is 0 Å². The van der Waals surface area contributed by atoms with E-state index in [1.807, 2.05) is 0 Å². The van der Waals surface area contributed by atoms with Gasteiger partial charge in [-0.2, -0.15) is 13.2 Å². The number of hydrogen-bond acceptors (Lipinski definition) is 2. The third kappa shape index (κ3) is 3.88. The Morgan fingerprint density at radius 2 is 1.56 bits per heavy atom. The highest BCUT2D eigenvalue weighted by Gasteiger charge is 2.58. The summed E-state index contributed by atoms with van der Waals surface area (Å²) in [6.07, 6.45) is 2.19. The SMILES string of the molecule is C#CCC(CC#C)(OP(=O)(O)O)C(F)(F)F. The van der Waals surface area contributed by atoms with E-state index >= 15 is 0 Å². The predicted octanol–water partition coefficient (Wildman–Crippen LogP) is 1.44. The van der Waals surface area contributed by atoms with Crippen LogP contribution in [-0.4, -0.2) is 21.6 Å². The molecule has 0 aliphatic carbocycles. The normalized spacial score (nSPS) is 12.9. The first-order valence-corrected chi connectivity index (χ1v) is 5.31. The molecule has 0 radical (unpaired) electrons. The van der Waals surface area contributed by atoms with Crippen LogP contribution in [0.5, 0.6) is 0 Å². The molecule has 0 rings (SSSR count). The number of hydrogen-bond donors (Lipinski definition) is 2. The highest BCUT2D eigenvalue weighted by molar-refractivity contribution is 7.46. The van der Waals surface area contributed by atoms with Gasteiger partial charge < -0.3 is 9.79 Å². The minimum Gasteiger partial charge on any atom is -0.303 e. The van der Waals surface area contributed by atoms with E-state index in [2.05, 4.69) is 4.52 Å². The van der Waals surface area contributed by atoms with E-state index in [0.29, 0.717) is 0 Å². The lowest BCUT2D eigenvalue weighted by molar-refractivity contribution is -0.249. The van der Waals surface area contributed by atoms with E-state index < -0.39 is 32.4 Å². The summed E-state index contributed by atoms with van der Waals surface area (Å²) in [7, 11) is -5.35. The molecular weight excluding hydrogens is 248 g/mol. The molecular formula is C8H8F3O4P. The summed E-state index contributed by atoms with van der Waals surface area (Å²) in [5, 5.41) is 0. The Balaban J connectivity index is 5.39. The Labute approximate surface area is 90.0 Å². The van der Waals surface area contributed by atoms with Crippen LogP contribution in [-0.2, 0) is 9.09 Å². The molecule has 0 aromatic heterocycles. The summed E-state index contributed by atoms with van der Waals surface area (Å²) in [6.45, 7) is 0. The number of terminal acetylenes is 2. The molecule has 0 unspecified atom stereocenters. The summed E-state index contributed by atoms with van der Waals surface area (Å²) in [5.74, 6) is 3.28. The van der Waals surface area contributed by atoms with Crippen LogP contribution >= 0.6 is 7.82 Å². The number of phosphoric ester groups is 1. The molecule has 8 heteroatoms. The Morgan fingerprint density at radius 3 is 1.75 bits per heavy atom. The molecule has 0 heterocycles. The van der Waals surface area contributed by atoms with Crippen LogP contribution in [0.15, 0.2) is 0 Å². The van der Waals surface area contributed by atoms with Gasteiger partial charge in [-0.05, 0) is 0 Å². The van der Waals surface area contributed by atoms with E-state index in [0.717, 1.165) is 0 Å². The van der Waals surface area contributed by atoms with Crippen molar-refractivity contribution in [3.8, 4) is 24.7 Å². The Kier molecular flexibility index (Phi) is 4.60. The quantitative estimate of drug-likeness (QED) is 0.590. The highest BCUT2D eigenvalue weighted by atomic mass is 31.2. The van der Waals surface area contributed by atoms with Crippen molar-refractivity contribution in [2.45, 2.75) is 24.6 Å². The van der Waals surface area contributed by atoms with Gasteiger partial charge >= 0.3 is 14.0 Å². The van der Waals surface area contributed by atoms with Crippen LogP contribution in [0.4, 0.5) is 13.2 Å². The molecule has 0 amide bonds. The van der Waals surface area contributed by atoms with Crippen LogP contribution in [0.25, 0.3) is 0 Å². The molecule has 0 spiro atoms. The van der Waals surface area contributed by atoms with Crippen LogP contribution < -0.4 is 0 Å². The molecule has 0 aromatic carbocycles. The van der Waals surface area contributed by atoms with Gasteiger partial charge in [-0.3, -0.25) is 4.52 Å². The number of rotatable bonds is 4. The molecule has 0 saturated heterocycles. The molecule has 0 aliphatic rings. The first-order valence-electron chi connectivity index (χ1n) is 3.78. The molecule has 0 aliphatic heterocycles. The average molecular weight is 256 g/mol. The number of alkyl halides is 3. The predicted molar refractivity (Wildman–Crippen MR) is 48.8 cm³/mol. The van der Waals surface area contributed by atoms with Crippen LogP contribution in [0.2, 0.25) is 0 Å². The number of phosphoric acid groups is 1. The molecule has 0 bridgehead atoms. The summed E-state index contributed by atoms with van der Waals surface area (Å²) in [4.78, 5) is 16.8. The third-order valence-electron chi connectivity index (χ3n) is 1.59. The summed E-state index contributed by atoms with van der Waals surface area (Å²) in [6, 6.07) is 0. The van der Waals surface area contributed by atoms with Crippen molar-refractivity contribution < 1.29 is 32.0 Å². The van der Waals surface area contributed by atoms with Crippen molar-refractivity contribution in [2.75, 3.05) is 0 Å². The second-order valence-corrected chi connectivity index (χ2v) is 4.00. The Bertz CT molecular complexity index is 354. The maximum absolute atomic E-state index is 12.6. The average Bonchev–Trinajstić information content (AvgIpc) is 1.99. The first-order chi connectivity index (χ1) is 7.08. The molecule has 0 saturated carbocycles. The molecule has 4 nitrogen and oxygen atoms in total. The Hall–Kier alpha value is -0.980. The van der Waals surface area contributed by atoms with Gasteiger partial charge in [0.25, 0.3) is 0 Å². The smallest absolute Gasteiger partial charge is 0.303 e. The fourth-order valence-corrected chi connectivity index (χ4v) is 1.62. The molecule has 0 aromatic rings. The fraction of sp³-hybridized carbons (Fsp3) is 0.500. The summed E-state index contributed by atoms with van der Waals surface area (Å²) >= 11 is 0. The maximum atomic E-state index is 12.6. The lowest BCUT2D eigenvalue weighted by Gasteiger charge is -2.32. The monoisotopic (exact) mass is 256 g/mol. The van der Waals surface area contributed by atoms with Gasteiger partial charge in [0.1, 0.15) is 0 Å². The van der Waals surface area contributed by atoms with Gasteiger partial charge in [0.15, 0.2) is 5.60 Å². The van der Waals surface area contributed by atoms with Crippen molar-refractivity contribution in [3.05, 3.63) is 0 Å².